The molecule has 0 unspecified atom stereocenters. The lowest BCUT2D eigenvalue weighted by atomic mass is 10.1. The van der Waals surface area contributed by atoms with Gasteiger partial charge in [-0.05, 0) is 44.0 Å². The topological polar surface area (TPSA) is 63.7 Å². The summed E-state index contributed by atoms with van der Waals surface area (Å²) in [5, 5.41) is 0. The molecule has 1 amide bonds. The Hall–Kier alpha value is -1.27. The first-order valence-corrected chi connectivity index (χ1v) is 8.41. The first-order valence-electron chi connectivity index (χ1n) is 6.10. The Morgan fingerprint density at radius 1 is 1.30 bits per heavy atom. The predicted molar refractivity (Wildman–Crippen MR) is 77.8 cm³/mol. The lowest BCUT2D eigenvalue weighted by Crippen LogP contribution is -2.31. The fourth-order valence-electron chi connectivity index (χ4n) is 1.62. The molecular formula is C13H18ClNO4S. The molecule has 0 atom stereocenters. The van der Waals surface area contributed by atoms with E-state index in [-0.39, 0.29) is 17.4 Å². The number of ether oxygens (including phenoxy) is 1. The van der Waals surface area contributed by atoms with Gasteiger partial charge in [-0.1, -0.05) is 0 Å². The number of hydrogen-bond acceptors (Lipinski definition) is 4. The van der Waals surface area contributed by atoms with E-state index >= 15 is 0 Å². The highest BCUT2D eigenvalue weighted by atomic mass is 35.7. The van der Waals surface area contributed by atoms with E-state index in [0.717, 1.165) is 0 Å². The van der Waals surface area contributed by atoms with Crippen molar-refractivity contribution in [3.05, 3.63) is 23.3 Å². The van der Waals surface area contributed by atoms with Gasteiger partial charge in [-0.25, -0.2) is 8.42 Å². The predicted octanol–water partition coefficient (Wildman–Crippen LogP) is 2.09. The molecule has 0 heterocycles. The third kappa shape index (κ3) is 3.86. The van der Waals surface area contributed by atoms with Crippen LogP contribution in [0.25, 0.3) is 0 Å². The van der Waals surface area contributed by atoms with Gasteiger partial charge in [0.05, 0.1) is 4.90 Å². The summed E-state index contributed by atoms with van der Waals surface area (Å²) in [6, 6.07) is 2.89. The van der Waals surface area contributed by atoms with Gasteiger partial charge in [-0.2, -0.15) is 0 Å². The van der Waals surface area contributed by atoms with Crippen LogP contribution in [-0.4, -0.2) is 39.4 Å². The minimum absolute atomic E-state index is 0.0565. The zero-order chi connectivity index (χ0) is 15.5. The molecule has 0 saturated carbocycles. The van der Waals surface area contributed by atoms with Crippen molar-refractivity contribution in [2.24, 2.45) is 0 Å². The summed E-state index contributed by atoms with van der Waals surface area (Å²) in [5.41, 5.74) is 1.17. The molecule has 0 aliphatic rings. The number of hydrogen-bond donors (Lipinski definition) is 0. The van der Waals surface area contributed by atoms with Crippen LogP contribution in [0.15, 0.2) is 17.0 Å². The highest BCUT2D eigenvalue weighted by Crippen LogP contribution is 2.28. The van der Waals surface area contributed by atoms with Crippen molar-refractivity contribution < 1.29 is 17.9 Å². The van der Waals surface area contributed by atoms with E-state index in [1.165, 1.54) is 12.1 Å². The summed E-state index contributed by atoms with van der Waals surface area (Å²) in [5.74, 6) is 0.336. The maximum absolute atomic E-state index is 11.7. The third-order valence-corrected chi connectivity index (χ3v) is 4.67. The average molecular weight is 320 g/mol. The maximum Gasteiger partial charge on any atom is 0.261 e. The van der Waals surface area contributed by atoms with Gasteiger partial charge in [0.2, 0.25) is 0 Å². The van der Waals surface area contributed by atoms with Crippen molar-refractivity contribution in [3.8, 4) is 5.75 Å². The van der Waals surface area contributed by atoms with Crippen LogP contribution >= 0.6 is 10.7 Å². The van der Waals surface area contributed by atoms with Crippen LogP contribution < -0.4 is 4.74 Å². The number of carbonyl (C=O) groups is 1. The molecule has 112 valence electrons. The fraction of sp³-hybridized carbons (Fsp3) is 0.462. The van der Waals surface area contributed by atoms with Crippen LogP contribution in [0.2, 0.25) is 0 Å². The lowest BCUT2D eigenvalue weighted by Gasteiger charge is -2.16. The minimum Gasteiger partial charge on any atom is -0.483 e. The molecule has 1 aromatic carbocycles. The highest BCUT2D eigenvalue weighted by molar-refractivity contribution is 8.13. The van der Waals surface area contributed by atoms with Crippen LogP contribution in [0.1, 0.15) is 18.1 Å². The molecule has 7 heteroatoms. The first-order chi connectivity index (χ1) is 9.18. The molecule has 20 heavy (non-hydrogen) atoms. The summed E-state index contributed by atoms with van der Waals surface area (Å²) in [7, 11) is 3.25. The number of halogens is 1. The second kappa shape index (κ2) is 6.45. The average Bonchev–Trinajstić information content (AvgIpc) is 2.37. The Balaban J connectivity index is 2.95. The monoisotopic (exact) mass is 319 g/mol. The molecule has 0 bridgehead atoms. The van der Waals surface area contributed by atoms with E-state index < -0.39 is 9.05 Å². The van der Waals surface area contributed by atoms with Gasteiger partial charge in [0, 0.05) is 24.3 Å². The van der Waals surface area contributed by atoms with Crippen molar-refractivity contribution in [3.63, 3.8) is 0 Å². The van der Waals surface area contributed by atoms with Gasteiger partial charge in [0.1, 0.15) is 5.75 Å². The SMILES string of the molecule is CCN(C)C(=O)COc1ccc(S(=O)(=O)Cl)c(C)c1C. The molecule has 0 radical (unpaired) electrons. The molecule has 0 aromatic heterocycles. The number of carbonyl (C=O) groups excluding carboxylic acids is 1. The van der Waals surface area contributed by atoms with Crippen molar-refractivity contribution in [1.29, 1.82) is 0 Å². The van der Waals surface area contributed by atoms with Gasteiger partial charge < -0.3 is 9.64 Å². The zero-order valence-corrected chi connectivity index (χ0v) is 13.5. The number of benzene rings is 1. The molecule has 1 aromatic rings. The van der Waals surface area contributed by atoms with Gasteiger partial charge in [0.15, 0.2) is 6.61 Å². The van der Waals surface area contributed by atoms with E-state index in [0.29, 0.717) is 23.4 Å². The minimum atomic E-state index is -3.78. The first kappa shape index (κ1) is 16.8. The van der Waals surface area contributed by atoms with Crippen molar-refractivity contribution in [2.75, 3.05) is 20.2 Å². The normalized spacial score (nSPS) is 11.2. The summed E-state index contributed by atoms with van der Waals surface area (Å²) in [6.07, 6.45) is 0. The molecule has 0 aliphatic carbocycles. The molecule has 0 spiro atoms. The molecule has 0 aliphatic heterocycles. The number of amides is 1. The van der Waals surface area contributed by atoms with E-state index in [4.69, 9.17) is 15.4 Å². The summed E-state index contributed by atoms with van der Waals surface area (Å²) < 4.78 is 28.2. The van der Waals surface area contributed by atoms with Gasteiger partial charge in [-0.3, -0.25) is 4.79 Å². The summed E-state index contributed by atoms with van der Waals surface area (Å²) >= 11 is 0. The van der Waals surface area contributed by atoms with E-state index in [9.17, 15) is 13.2 Å². The van der Waals surface area contributed by atoms with E-state index in [1.807, 2.05) is 6.92 Å². The largest absolute Gasteiger partial charge is 0.483 e. The summed E-state index contributed by atoms with van der Waals surface area (Å²) in [4.78, 5) is 13.3. The van der Waals surface area contributed by atoms with E-state index in [1.54, 1.807) is 25.8 Å². The fourth-order valence-corrected chi connectivity index (χ4v) is 2.87. The van der Waals surface area contributed by atoms with Crippen molar-refractivity contribution in [2.45, 2.75) is 25.7 Å². The Labute approximate surface area is 123 Å². The zero-order valence-electron chi connectivity index (χ0n) is 11.9. The second-order valence-electron chi connectivity index (χ2n) is 4.45. The molecule has 1 rings (SSSR count). The second-order valence-corrected chi connectivity index (χ2v) is 6.98. The lowest BCUT2D eigenvalue weighted by molar-refractivity contribution is -0.131. The standard InChI is InChI=1S/C13H18ClNO4S/c1-5-15(4)13(16)8-19-11-6-7-12(20(14,17)18)10(3)9(11)2/h6-7H,5,8H2,1-4H3. The van der Waals surface area contributed by atoms with Crippen LogP contribution in [-0.2, 0) is 13.8 Å². The van der Waals surface area contributed by atoms with Gasteiger partial charge in [-0.15, -0.1) is 0 Å². The summed E-state index contributed by atoms with van der Waals surface area (Å²) in [6.45, 7) is 5.76. The van der Waals surface area contributed by atoms with Gasteiger partial charge in [0.25, 0.3) is 15.0 Å². The third-order valence-electron chi connectivity index (χ3n) is 3.20. The maximum atomic E-state index is 11.7. The smallest absolute Gasteiger partial charge is 0.261 e. The molecule has 0 N–H and O–H groups in total. The quantitative estimate of drug-likeness (QED) is 0.780. The Morgan fingerprint density at radius 2 is 1.90 bits per heavy atom. The molecule has 5 nitrogen and oxygen atoms in total. The Morgan fingerprint density at radius 3 is 2.40 bits per heavy atom. The van der Waals surface area contributed by atoms with E-state index in [2.05, 4.69) is 0 Å². The molecule has 0 saturated heterocycles. The Bertz CT molecular complexity index is 613. The van der Waals surface area contributed by atoms with Crippen molar-refractivity contribution >= 4 is 25.6 Å². The molecule has 0 fully saturated rings. The van der Waals surface area contributed by atoms with Crippen LogP contribution in [0.3, 0.4) is 0 Å². The molecular weight excluding hydrogens is 302 g/mol. The number of likely N-dealkylation sites (N-methyl/N-ethyl adjacent to an activating group) is 1. The van der Waals surface area contributed by atoms with Crippen LogP contribution in [0, 0.1) is 13.8 Å². The number of nitrogens with zero attached hydrogens (tertiary/aromatic N) is 1. The van der Waals surface area contributed by atoms with Crippen LogP contribution in [0.5, 0.6) is 5.75 Å². The highest BCUT2D eigenvalue weighted by Gasteiger charge is 2.17. The van der Waals surface area contributed by atoms with Gasteiger partial charge >= 0.3 is 0 Å². The van der Waals surface area contributed by atoms with Crippen LogP contribution in [0.4, 0.5) is 0 Å². The Kier molecular flexibility index (Phi) is 5.42. The number of rotatable bonds is 5. The van der Waals surface area contributed by atoms with Crippen molar-refractivity contribution in [1.82, 2.24) is 4.90 Å².